The molecule has 3 heteroatoms. The molecule has 2 aromatic rings. The summed E-state index contributed by atoms with van der Waals surface area (Å²) in [5, 5.41) is 0. The minimum Gasteiger partial charge on any atom is -0.457 e. The summed E-state index contributed by atoms with van der Waals surface area (Å²) in [4.78, 5) is 0. The van der Waals surface area contributed by atoms with Crippen LogP contribution in [0.2, 0.25) is 0 Å². The van der Waals surface area contributed by atoms with Gasteiger partial charge in [-0.1, -0.05) is 6.07 Å². The molecule has 2 N–H and O–H groups in total. The first-order chi connectivity index (χ1) is 10.2. The van der Waals surface area contributed by atoms with E-state index in [1.54, 1.807) is 6.07 Å². The molecule has 2 nitrogen and oxygen atoms in total. The second-order valence-electron chi connectivity index (χ2n) is 5.70. The number of hydrogen-bond donors (Lipinski definition) is 1. The maximum absolute atomic E-state index is 13.1. The molecule has 0 aliphatic heterocycles. The number of ether oxygens (including phenoxy) is 1. The first-order valence-corrected chi connectivity index (χ1v) is 7.44. The van der Waals surface area contributed by atoms with Crippen LogP contribution in [0.25, 0.3) is 0 Å². The Balaban J connectivity index is 1.87. The van der Waals surface area contributed by atoms with Crippen molar-refractivity contribution >= 4 is 0 Å². The number of benzene rings is 2. The summed E-state index contributed by atoms with van der Waals surface area (Å²) < 4.78 is 19.0. The van der Waals surface area contributed by atoms with Crippen LogP contribution in [0.1, 0.15) is 35.4 Å². The first kappa shape index (κ1) is 14.1. The van der Waals surface area contributed by atoms with Crippen molar-refractivity contribution < 1.29 is 9.13 Å². The van der Waals surface area contributed by atoms with Crippen LogP contribution >= 0.6 is 0 Å². The fraction of sp³-hybridized carbons (Fsp3) is 0.333. The Morgan fingerprint density at radius 1 is 1.24 bits per heavy atom. The predicted octanol–water partition coefficient (Wildman–Crippen LogP) is 4.31. The van der Waals surface area contributed by atoms with Gasteiger partial charge in [-0.3, -0.25) is 0 Å². The number of rotatable bonds is 3. The van der Waals surface area contributed by atoms with E-state index in [0.717, 1.165) is 17.7 Å². The predicted molar refractivity (Wildman–Crippen MR) is 82.4 cm³/mol. The average Bonchev–Trinajstić information content (AvgIpc) is 2.49. The van der Waals surface area contributed by atoms with Gasteiger partial charge in [-0.05, 0) is 85.7 Å². The second-order valence-corrected chi connectivity index (χ2v) is 5.70. The van der Waals surface area contributed by atoms with Crippen molar-refractivity contribution in [2.24, 2.45) is 5.73 Å². The summed E-state index contributed by atoms with van der Waals surface area (Å²) >= 11 is 0. The lowest BCUT2D eigenvalue weighted by atomic mass is 9.83. The highest BCUT2D eigenvalue weighted by atomic mass is 19.1. The maximum atomic E-state index is 13.1. The number of fused-ring (bicyclic) bond motifs is 1. The lowest BCUT2D eigenvalue weighted by molar-refractivity contribution is 0.473. The third-order valence-electron chi connectivity index (χ3n) is 4.20. The van der Waals surface area contributed by atoms with Crippen molar-refractivity contribution in [1.29, 1.82) is 0 Å². The van der Waals surface area contributed by atoms with Crippen molar-refractivity contribution in [3.05, 3.63) is 58.9 Å². The van der Waals surface area contributed by atoms with Crippen molar-refractivity contribution in [3.63, 3.8) is 0 Å². The van der Waals surface area contributed by atoms with E-state index in [9.17, 15) is 4.39 Å². The zero-order chi connectivity index (χ0) is 14.8. The molecule has 0 heterocycles. The van der Waals surface area contributed by atoms with Gasteiger partial charge in [0.05, 0.1) is 0 Å². The molecule has 0 aromatic heterocycles. The highest BCUT2D eigenvalue weighted by Gasteiger charge is 2.19. The van der Waals surface area contributed by atoms with E-state index in [-0.39, 0.29) is 5.82 Å². The number of nitrogens with two attached hydrogens (primary N) is 1. The van der Waals surface area contributed by atoms with E-state index in [1.807, 2.05) is 13.0 Å². The normalized spacial score (nSPS) is 17.4. The molecule has 0 amide bonds. The molecule has 0 radical (unpaired) electrons. The monoisotopic (exact) mass is 285 g/mol. The van der Waals surface area contributed by atoms with E-state index in [0.29, 0.717) is 18.2 Å². The van der Waals surface area contributed by atoms with Gasteiger partial charge in [-0.25, -0.2) is 4.39 Å². The maximum Gasteiger partial charge on any atom is 0.130 e. The Bertz CT molecular complexity index is 654. The van der Waals surface area contributed by atoms with Gasteiger partial charge in [0.25, 0.3) is 0 Å². The Morgan fingerprint density at radius 3 is 2.86 bits per heavy atom. The highest BCUT2D eigenvalue weighted by molar-refractivity contribution is 5.43. The molecule has 21 heavy (non-hydrogen) atoms. The van der Waals surface area contributed by atoms with Crippen LogP contribution in [0.5, 0.6) is 11.5 Å². The summed E-state index contributed by atoms with van der Waals surface area (Å²) in [5.74, 6) is 1.73. The largest absolute Gasteiger partial charge is 0.457 e. The fourth-order valence-electron chi connectivity index (χ4n) is 3.05. The molecule has 3 rings (SSSR count). The topological polar surface area (TPSA) is 35.2 Å². The third-order valence-corrected chi connectivity index (χ3v) is 4.20. The summed E-state index contributed by atoms with van der Waals surface area (Å²) in [7, 11) is 0. The third kappa shape index (κ3) is 2.93. The molecule has 2 aromatic carbocycles. The van der Waals surface area contributed by atoms with Gasteiger partial charge in [-0.15, -0.1) is 0 Å². The lowest BCUT2D eigenvalue weighted by Gasteiger charge is -2.24. The average molecular weight is 285 g/mol. The molecule has 0 saturated heterocycles. The Morgan fingerprint density at radius 2 is 2.10 bits per heavy atom. The highest BCUT2D eigenvalue weighted by Crippen LogP contribution is 2.34. The molecule has 1 aliphatic rings. The van der Waals surface area contributed by atoms with Crippen LogP contribution in [0.15, 0.2) is 36.4 Å². The van der Waals surface area contributed by atoms with E-state index < -0.39 is 0 Å². The van der Waals surface area contributed by atoms with Gasteiger partial charge < -0.3 is 10.5 Å². The van der Waals surface area contributed by atoms with Crippen molar-refractivity contribution in [2.75, 3.05) is 6.54 Å². The van der Waals surface area contributed by atoms with Crippen LogP contribution in [0.4, 0.5) is 4.39 Å². The van der Waals surface area contributed by atoms with Crippen LogP contribution in [-0.4, -0.2) is 6.54 Å². The zero-order valence-corrected chi connectivity index (χ0v) is 12.2. The van der Waals surface area contributed by atoms with Crippen LogP contribution < -0.4 is 10.5 Å². The first-order valence-electron chi connectivity index (χ1n) is 7.44. The number of halogens is 1. The molecule has 1 atom stereocenters. The molecule has 0 fully saturated rings. The Hall–Kier alpha value is -1.87. The molecule has 0 bridgehead atoms. The Kier molecular flexibility index (Phi) is 3.93. The molecule has 0 saturated carbocycles. The van der Waals surface area contributed by atoms with E-state index in [1.165, 1.54) is 36.1 Å². The minimum absolute atomic E-state index is 0.240. The van der Waals surface area contributed by atoms with E-state index in [2.05, 4.69) is 12.1 Å². The fourth-order valence-corrected chi connectivity index (χ4v) is 3.05. The van der Waals surface area contributed by atoms with E-state index >= 15 is 0 Å². The van der Waals surface area contributed by atoms with Crippen LogP contribution in [0, 0.1) is 12.7 Å². The second kappa shape index (κ2) is 5.86. The standard InChI is InChI=1S/C18H20FNO/c1-12-9-15(19)5-8-18(12)21-16-6-7-17-13(10-16)3-2-4-14(17)11-20/h5-10,14H,2-4,11,20H2,1H3/t14-/m0/s1. The summed E-state index contributed by atoms with van der Waals surface area (Å²) in [6.45, 7) is 2.55. The zero-order valence-electron chi connectivity index (χ0n) is 12.2. The quantitative estimate of drug-likeness (QED) is 0.912. The molecule has 1 aliphatic carbocycles. The molecule has 110 valence electrons. The minimum atomic E-state index is -0.240. The number of hydrogen-bond acceptors (Lipinski definition) is 2. The number of aryl methyl sites for hydroxylation is 2. The molecular weight excluding hydrogens is 265 g/mol. The van der Waals surface area contributed by atoms with E-state index in [4.69, 9.17) is 10.5 Å². The molecule has 0 spiro atoms. The lowest BCUT2D eigenvalue weighted by Crippen LogP contribution is -2.18. The molecule has 0 unspecified atom stereocenters. The van der Waals surface area contributed by atoms with Crippen LogP contribution in [0.3, 0.4) is 0 Å². The summed E-state index contributed by atoms with van der Waals surface area (Å²) in [5.41, 5.74) is 9.33. The van der Waals surface area contributed by atoms with Gasteiger partial charge in [0.15, 0.2) is 0 Å². The summed E-state index contributed by atoms with van der Waals surface area (Å²) in [6.07, 6.45) is 3.42. The summed E-state index contributed by atoms with van der Waals surface area (Å²) in [6, 6.07) is 10.8. The van der Waals surface area contributed by atoms with Gasteiger partial charge in [0, 0.05) is 0 Å². The SMILES string of the molecule is Cc1cc(F)ccc1Oc1ccc2c(c1)CCC[C@H]2CN. The van der Waals surface area contributed by atoms with Gasteiger partial charge >= 0.3 is 0 Å². The smallest absolute Gasteiger partial charge is 0.130 e. The van der Waals surface area contributed by atoms with Gasteiger partial charge in [-0.2, -0.15) is 0 Å². The Labute approximate surface area is 124 Å². The van der Waals surface area contributed by atoms with Crippen molar-refractivity contribution in [1.82, 2.24) is 0 Å². The van der Waals surface area contributed by atoms with Gasteiger partial charge in [0.1, 0.15) is 17.3 Å². The van der Waals surface area contributed by atoms with Crippen LogP contribution in [-0.2, 0) is 6.42 Å². The van der Waals surface area contributed by atoms with Crippen molar-refractivity contribution in [3.8, 4) is 11.5 Å². The van der Waals surface area contributed by atoms with Gasteiger partial charge in [0.2, 0.25) is 0 Å². The van der Waals surface area contributed by atoms with Crippen molar-refractivity contribution in [2.45, 2.75) is 32.1 Å². The molecular formula is C18H20FNO.